The van der Waals surface area contributed by atoms with Gasteiger partial charge in [-0.2, -0.15) is 0 Å². The van der Waals surface area contributed by atoms with Gasteiger partial charge in [0.25, 0.3) is 0 Å². The van der Waals surface area contributed by atoms with E-state index in [2.05, 4.69) is 48.9 Å². The number of hydrogen-bond acceptors (Lipinski definition) is 6. The predicted molar refractivity (Wildman–Crippen MR) is 125 cm³/mol. The molecule has 2 aliphatic rings. The highest BCUT2D eigenvalue weighted by molar-refractivity contribution is 5.80. The first kappa shape index (κ1) is 22.4. The van der Waals surface area contributed by atoms with Crippen molar-refractivity contribution in [2.24, 2.45) is 4.99 Å². The Hall–Kier alpha value is -2.81. The number of benzene rings is 1. The molecule has 1 N–H and O–H groups in total. The van der Waals surface area contributed by atoms with Gasteiger partial charge in [-0.15, -0.1) is 10.2 Å². The smallest absolute Gasteiger partial charge is 0.194 e. The number of piperazine rings is 1. The van der Waals surface area contributed by atoms with Crippen molar-refractivity contribution in [3.8, 4) is 5.75 Å². The number of guanidine groups is 1. The zero-order chi connectivity index (χ0) is 22.2. The van der Waals surface area contributed by atoms with Crippen LogP contribution in [0.3, 0.4) is 0 Å². The molecular weight excluding hydrogens is 406 g/mol. The molecule has 174 valence electrons. The van der Waals surface area contributed by atoms with Crippen LogP contribution >= 0.6 is 0 Å². The SMILES string of the molecule is CCc1nncn1CCNC(=NCC1CCCO1)N1CCN(c2cccc(OC)c2)CC1. The van der Waals surface area contributed by atoms with Crippen molar-refractivity contribution >= 4 is 11.6 Å². The molecule has 3 heterocycles. The number of ether oxygens (including phenoxy) is 2. The molecule has 2 fully saturated rings. The Bertz CT molecular complexity index is 871. The van der Waals surface area contributed by atoms with Gasteiger partial charge in [0.1, 0.15) is 17.9 Å². The van der Waals surface area contributed by atoms with Crippen molar-refractivity contribution in [2.45, 2.75) is 38.8 Å². The third kappa shape index (κ3) is 5.70. The summed E-state index contributed by atoms with van der Waals surface area (Å²) in [5.74, 6) is 2.87. The quantitative estimate of drug-likeness (QED) is 0.494. The Balaban J connectivity index is 1.36. The molecule has 2 saturated heterocycles. The van der Waals surface area contributed by atoms with E-state index in [9.17, 15) is 0 Å². The van der Waals surface area contributed by atoms with Crippen LogP contribution in [0.1, 0.15) is 25.6 Å². The van der Waals surface area contributed by atoms with Crippen LogP contribution in [0.25, 0.3) is 0 Å². The van der Waals surface area contributed by atoms with Gasteiger partial charge in [0.2, 0.25) is 0 Å². The number of rotatable bonds is 8. The summed E-state index contributed by atoms with van der Waals surface area (Å²) in [7, 11) is 1.71. The fourth-order valence-electron chi connectivity index (χ4n) is 4.26. The first-order valence-electron chi connectivity index (χ1n) is 11.7. The van der Waals surface area contributed by atoms with Crippen molar-refractivity contribution in [3.63, 3.8) is 0 Å². The Morgan fingerprint density at radius 1 is 1.28 bits per heavy atom. The molecule has 0 bridgehead atoms. The number of nitrogens with zero attached hydrogens (tertiary/aromatic N) is 6. The molecule has 0 spiro atoms. The third-order valence-electron chi connectivity index (χ3n) is 6.11. The molecule has 1 atom stereocenters. The van der Waals surface area contributed by atoms with E-state index in [-0.39, 0.29) is 6.10 Å². The largest absolute Gasteiger partial charge is 0.497 e. The molecule has 1 aromatic carbocycles. The summed E-state index contributed by atoms with van der Waals surface area (Å²) in [6.07, 6.45) is 5.16. The van der Waals surface area contributed by atoms with E-state index in [1.54, 1.807) is 13.4 Å². The highest BCUT2D eigenvalue weighted by atomic mass is 16.5. The fourth-order valence-corrected chi connectivity index (χ4v) is 4.26. The normalized spacial score (nSPS) is 19.4. The predicted octanol–water partition coefficient (Wildman–Crippen LogP) is 1.80. The highest BCUT2D eigenvalue weighted by Gasteiger charge is 2.22. The van der Waals surface area contributed by atoms with E-state index in [4.69, 9.17) is 14.5 Å². The second kappa shape index (κ2) is 11.2. The standard InChI is InChI=1S/C23H35N7O2/c1-3-22-27-26-18-30(22)10-9-24-23(25-17-21-8-5-15-32-21)29-13-11-28(12-14-29)19-6-4-7-20(16-19)31-2/h4,6-7,16,18,21H,3,5,8-15,17H2,1-2H3,(H,24,25). The van der Waals surface area contributed by atoms with Crippen LogP contribution in [0.2, 0.25) is 0 Å². The second-order valence-electron chi connectivity index (χ2n) is 8.20. The molecule has 9 nitrogen and oxygen atoms in total. The Kier molecular flexibility index (Phi) is 7.82. The van der Waals surface area contributed by atoms with Crippen LogP contribution in [0, 0.1) is 0 Å². The summed E-state index contributed by atoms with van der Waals surface area (Å²) in [4.78, 5) is 9.71. The number of aromatic nitrogens is 3. The molecule has 1 aromatic heterocycles. The maximum Gasteiger partial charge on any atom is 0.194 e. The number of aryl methyl sites for hydroxylation is 1. The van der Waals surface area contributed by atoms with E-state index in [1.807, 2.05) is 12.1 Å². The molecule has 2 aliphatic heterocycles. The van der Waals surface area contributed by atoms with Gasteiger partial charge in [-0.05, 0) is 25.0 Å². The highest BCUT2D eigenvalue weighted by Crippen LogP contribution is 2.22. The van der Waals surface area contributed by atoms with Crippen molar-refractivity contribution in [1.29, 1.82) is 0 Å². The minimum atomic E-state index is 0.245. The minimum absolute atomic E-state index is 0.245. The van der Waals surface area contributed by atoms with Gasteiger partial charge in [-0.1, -0.05) is 13.0 Å². The van der Waals surface area contributed by atoms with E-state index < -0.39 is 0 Å². The van der Waals surface area contributed by atoms with Crippen molar-refractivity contribution in [3.05, 3.63) is 36.4 Å². The molecular formula is C23H35N7O2. The molecule has 4 rings (SSSR count). The molecule has 0 saturated carbocycles. The molecule has 2 aromatic rings. The van der Waals surface area contributed by atoms with Crippen LogP contribution in [0.15, 0.2) is 35.6 Å². The first-order valence-corrected chi connectivity index (χ1v) is 11.7. The lowest BCUT2D eigenvalue weighted by atomic mass is 10.2. The van der Waals surface area contributed by atoms with Gasteiger partial charge in [0.15, 0.2) is 5.96 Å². The van der Waals surface area contributed by atoms with Gasteiger partial charge < -0.3 is 29.2 Å². The lowest BCUT2D eigenvalue weighted by molar-refractivity contribution is 0.117. The van der Waals surface area contributed by atoms with Crippen LogP contribution in [0.5, 0.6) is 5.75 Å². The molecule has 0 radical (unpaired) electrons. The van der Waals surface area contributed by atoms with Gasteiger partial charge in [0, 0.05) is 64.0 Å². The average molecular weight is 442 g/mol. The Morgan fingerprint density at radius 3 is 2.91 bits per heavy atom. The second-order valence-corrected chi connectivity index (χ2v) is 8.20. The summed E-state index contributed by atoms with van der Waals surface area (Å²) in [6.45, 7) is 9.00. The van der Waals surface area contributed by atoms with E-state index in [0.717, 1.165) is 82.7 Å². The van der Waals surface area contributed by atoms with Crippen LogP contribution < -0.4 is 15.0 Å². The van der Waals surface area contributed by atoms with E-state index in [0.29, 0.717) is 6.54 Å². The summed E-state index contributed by atoms with van der Waals surface area (Å²) in [5, 5.41) is 11.8. The van der Waals surface area contributed by atoms with E-state index >= 15 is 0 Å². The Morgan fingerprint density at radius 2 is 2.16 bits per heavy atom. The monoisotopic (exact) mass is 441 g/mol. The maximum atomic E-state index is 5.79. The molecule has 9 heteroatoms. The zero-order valence-electron chi connectivity index (χ0n) is 19.2. The van der Waals surface area contributed by atoms with Gasteiger partial charge in [-0.3, -0.25) is 4.99 Å². The summed E-state index contributed by atoms with van der Waals surface area (Å²) < 4.78 is 13.3. The molecule has 32 heavy (non-hydrogen) atoms. The van der Waals surface area contributed by atoms with Crippen molar-refractivity contribution in [1.82, 2.24) is 25.0 Å². The average Bonchev–Trinajstić information content (AvgIpc) is 3.53. The third-order valence-corrected chi connectivity index (χ3v) is 6.11. The van der Waals surface area contributed by atoms with E-state index in [1.165, 1.54) is 5.69 Å². The summed E-state index contributed by atoms with van der Waals surface area (Å²) in [5.41, 5.74) is 1.20. The minimum Gasteiger partial charge on any atom is -0.497 e. The summed E-state index contributed by atoms with van der Waals surface area (Å²) >= 11 is 0. The van der Waals surface area contributed by atoms with Crippen molar-refractivity contribution < 1.29 is 9.47 Å². The number of methoxy groups -OCH3 is 1. The topological polar surface area (TPSA) is 80.0 Å². The van der Waals surface area contributed by atoms with Gasteiger partial charge in [0.05, 0.1) is 19.8 Å². The molecule has 0 amide bonds. The van der Waals surface area contributed by atoms with Crippen LogP contribution in [0.4, 0.5) is 5.69 Å². The van der Waals surface area contributed by atoms with Gasteiger partial charge >= 0.3 is 0 Å². The lowest BCUT2D eigenvalue weighted by Gasteiger charge is -2.38. The van der Waals surface area contributed by atoms with Crippen LogP contribution in [-0.2, 0) is 17.7 Å². The lowest BCUT2D eigenvalue weighted by Crippen LogP contribution is -2.53. The number of aliphatic imine (C=N–C) groups is 1. The van der Waals surface area contributed by atoms with Crippen molar-refractivity contribution in [2.75, 3.05) is 57.9 Å². The first-order chi connectivity index (χ1) is 15.8. The number of nitrogens with one attached hydrogen (secondary N) is 1. The fraction of sp³-hybridized carbons (Fsp3) is 0.609. The number of anilines is 1. The molecule has 0 aliphatic carbocycles. The molecule has 1 unspecified atom stereocenters. The maximum absolute atomic E-state index is 5.79. The Labute approximate surface area is 190 Å². The number of hydrogen-bond donors (Lipinski definition) is 1. The summed E-state index contributed by atoms with van der Waals surface area (Å²) in [6, 6.07) is 8.28. The van der Waals surface area contributed by atoms with Crippen LogP contribution in [-0.4, -0.2) is 84.7 Å². The zero-order valence-corrected chi connectivity index (χ0v) is 19.2. The van der Waals surface area contributed by atoms with Gasteiger partial charge in [-0.25, -0.2) is 0 Å².